The van der Waals surface area contributed by atoms with Gasteiger partial charge in [0.15, 0.2) is 0 Å². The SMILES string of the molecule is CCCNCCCNC(=O)CNC(=O)[C@H](CC(Br)C(Br)C[C@H](NC(=O)OCc1ccccc1)C(=O)NCC(=O)NCCCNCCC)NC(=O)OCc1ccccc1. The van der Waals surface area contributed by atoms with Crippen molar-refractivity contribution in [3.05, 3.63) is 71.8 Å². The van der Waals surface area contributed by atoms with Crippen molar-refractivity contribution in [3.63, 3.8) is 0 Å². The first-order chi connectivity index (χ1) is 28.0. The van der Waals surface area contributed by atoms with Crippen LogP contribution in [0.4, 0.5) is 9.59 Å². The van der Waals surface area contributed by atoms with Crippen LogP contribution in [-0.4, -0.2) is 110 Å². The molecule has 0 bridgehead atoms. The van der Waals surface area contributed by atoms with Crippen molar-refractivity contribution in [1.82, 2.24) is 42.5 Å². The lowest BCUT2D eigenvalue weighted by Gasteiger charge is -2.26. The fourth-order valence-electron chi connectivity index (χ4n) is 5.21. The van der Waals surface area contributed by atoms with Crippen LogP contribution in [0.15, 0.2) is 60.7 Å². The Labute approximate surface area is 358 Å². The minimum Gasteiger partial charge on any atom is -0.445 e. The lowest BCUT2D eigenvalue weighted by molar-refractivity contribution is -0.127. The van der Waals surface area contributed by atoms with E-state index in [2.05, 4.69) is 88.2 Å². The van der Waals surface area contributed by atoms with Gasteiger partial charge in [-0.1, -0.05) is 106 Å². The summed E-state index contributed by atoms with van der Waals surface area (Å²) in [5, 5.41) is 22.4. The highest BCUT2D eigenvalue weighted by atomic mass is 79.9. The predicted octanol–water partition coefficient (Wildman–Crippen LogP) is 3.13. The summed E-state index contributed by atoms with van der Waals surface area (Å²) in [4.78, 5) is 76.5. The first-order valence-corrected chi connectivity index (χ1v) is 21.6. The summed E-state index contributed by atoms with van der Waals surface area (Å²) in [7, 11) is 0. The minimum atomic E-state index is -1.17. The van der Waals surface area contributed by atoms with E-state index in [9.17, 15) is 28.8 Å². The van der Waals surface area contributed by atoms with Gasteiger partial charge in [0.25, 0.3) is 0 Å². The van der Waals surface area contributed by atoms with Gasteiger partial charge in [0.1, 0.15) is 25.3 Å². The number of amides is 6. The van der Waals surface area contributed by atoms with Crippen LogP contribution >= 0.6 is 31.9 Å². The number of hydrogen-bond donors (Lipinski definition) is 8. The van der Waals surface area contributed by atoms with E-state index in [4.69, 9.17) is 9.47 Å². The van der Waals surface area contributed by atoms with Crippen LogP contribution in [0.1, 0.15) is 63.5 Å². The zero-order valence-corrected chi connectivity index (χ0v) is 36.6. The van der Waals surface area contributed by atoms with Crippen molar-refractivity contribution in [1.29, 1.82) is 0 Å². The Morgan fingerprint density at radius 1 is 0.534 bits per heavy atom. The molecule has 0 radical (unpaired) electrons. The predicted molar refractivity (Wildman–Crippen MR) is 229 cm³/mol. The first kappa shape index (κ1) is 49.9. The molecule has 0 saturated carbocycles. The molecule has 2 aromatic carbocycles. The molecule has 0 aliphatic heterocycles. The van der Waals surface area contributed by atoms with E-state index in [0.29, 0.717) is 13.1 Å². The summed E-state index contributed by atoms with van der Waals surface area (Å²) in [6.07, 6.45) is 1.71. The second kappa shape index (κ2) is 30.8. The van der Waals surface area contributed by atoms with Gasteiger partial charge in [0.2, 0.25) is 23.6 Å². The van der Waals surface area contributed by atoms with Crippen LogP contribution in [0.5, 0.6) is 0 Å². The summed E-state index contributed by atoms with van der Waals surface area (Å²) < 4.78 is 10.7. The number of ether oxygens (including phenoxy) is 2. The fourth-order valence-corrected chi connectivity index (χ4v) is 6.39. The summed E-state index contributed by atoms with van der Waals surface area (Å²) in [6.45, 7) is 7.56. The third-order valence-corrected chi connectivity index (χ3v) is 11.1. The Hall–Kier alpha value is -4.26. The van der Waals surface area contributed by atoms with Crippen LogP contribution < -0.4 is 42.5 Å². The van der Waals surface area contributed by atoms with Gasteiger partial charge in [0.05, 0.1) is 13.1 Å². The first-order valence-electron chi connectivity index (χ1n) is 19.7. The number of rotatable bonds is 29. The second-order valence-electron chi connectivity index (χ2n) is 13.4. The molecule has 16 nitrogen and oxygen atoms in total. The Morgan fingerprint density at radius 2 is 0.914 bits per heavy atom. The van der Waals surface area contributed by atoms with Gasteiger partial charge in [-0.15, -0.1) is 0 Å². The number of carbonyl (C=O) groups excluding carboxylic acids is 6. The number of alkyl carbamates (subject to hydrolysis) is 2. The largest absolute Gasteiger partial charge is 0.445 e. The molecule has 58 heavy (non-hydrogen) atoms. The highest BCUT2D eigenvalue weighted by Crippen LogP contribution is 2.24. The summed E-state index contributed by atoms with van der Waals surface area (Å²) in [5.74, 6) is -2.05. The molecule has 0 aliphatic carbocycles. The quantitative estimate of drug-likeness (QED) is 0.0441. The van der Waals surface area contributed by atoms with E-state index in [1.807, 2.05) is 12.1 Å². The highest BCUT2D eigenvalue weighted by Gasteiger charge is 2.32. The van der Waals surface area contributed by atoms with E-state index in [-0.39, 0.29) is 51.0 Å². The van der Waals surface area contributed by atoms with Gasteiger partial charge in [-0.2, -0.15) is 0 Å². The van der Waals surface area contributed by atoms with Gasteiger partial charge >= 0.3 is 12.2 Å². The Balaban J connectivity index is 2.08. The van der Waals surface area contributed by atoms with Crippen molar-refractivity contribution in [2.45, 2.75) is 87.3 Å². The number of alkyl halides is 2. The average molecular weight is 941 g/mol. The van der Waals surface area contributed by atoms with Crippen molar-refractivity contribution in [2.24, 2.45) is 0 Å². The Kier molecular flexibility index (Phi) is 26.5. The molecule has 0 aromatic heterocycles. The van der Waals surface area contributed by atoms with Gasteiger partial charge in [-0.05, 0) is 75.8 Å². The van der Waals surface area contributed by atoms with Crippen LogP contribution in [0.3, 0.4) is 0 Å². The van der Waals surface area contributed by atoms with E-state index >= 15 is 0 Å². The molecule has 4 atom stereocenters. The number of benzene rings is 2. The van der Waals surface area contributed by atoms with E-state index in [0.717, 1.165) is 63.0 Å². The van der Waals surface area contributed by atoms with Crippen molar-refractivity contribution < 1.29 is 38.2 Å². The summed E-state index contributed by atoms with van der Waals surface area (Å²) >= 11 is 7.17. The molecule has 0 saturated heterocycles. The average Bonchev–Trinajstić information content (AvgIpc) is 3.23. The molecule has 2 aromatic rings. The zero-order chi connectivity index (χ0) is 42.4. The Morgan fingerprint density at radius 3 is 1.28 bits per heavy atom. The lowest BCUT2D eigenvalue weighted by Crippen LogP contribution is -2.52. The zero-order valence-electron chi connectivity index (χ0n) is 33.4. The number of hydrogen-bond acceptors (Lipinski definition) is 10. The third-order valence-electron chi connectivity index (χ3n) is 8.36. The molecule has 2 rings (SSSR count). The van der Waals surface area contributed by atoms with E-state index in [1.54, 1.807) is 48.5 Å². The van der Waals surface area contributed by atoms with Crippen molar-refractivity contribution >= 4 is 67.7 Å². The molecule has 0 heterocycles. The fraction of sp³-hybridized carbons (Fsp3) is 0.550. The molecule has 2 unspecified atom stereocenters. The maximum Gasteiger partial charge on any atom is 0.408 e. The normalized spacial score (nSPS) is 12.8. The van der Waals surface area contributed by atoms with Crippen LogP contribution in [0, 0.1) is 0 Å². The van der Waals surface area contributed by atoms with Gasteiger partial charge in [-0.25, -0.2) is 9.59 Å². The lowest BCUT2D eigenvalue weighted by atomic mass is 10.0. The second-order valence-corrected chi connectivity index (χ2v) is 15.7. The number of carbonyl (C=O) groups is 6. The molecule has 0 spiro atoms. The van der Waals surface area contributed by atoms with Gasteiger partial charge < -0.3 is 52.0 Å². The standard InChI is InChI=1S/C40H60Br2N8O8/c1-3-17-43-19-11-21-45-35(51)25-47-37(53)33(49-39(55)57-27-29-13-7-5-8-14-29)23-31(41)32(42)24-34(50-40(56)58-28-30-15-9-6-10-16-30)38(54)48-26-36(52)46-22-12-20-44-18-4-2/h5-10,13-16,31-34,43-44H,3-4,11-12,17-28H2,1-2H3,(H,45,51)(H,46,52)(H,47,53)(H,48,54)(H,49,55)(H,50,56)/t31?,32?,33-,34-/m0/s1. The molecule has 18 heteroatoms. The monoisotopic (exact) mass is 938 g/mol. The summed E-state index contributed by atoms with van der Waals surface area (Å²) in [6, 6.07) is 15.7. The van der Waals surface area contributed by atoms with Crippen molar-refractivity contribution in [3.8, 4) is 0 Å². The van der Waals surface area contributed by atoms with Gasteiger partial charge in [-0.3, -0.25) is 19.2 Å². The van der Waals surface area contributed by atoms with Crippen molar-refractivity contribution in [2.75, 3.05) is 52.4 Å². The van der Waals surface area contributed by atoms with Crippen LogP contribution in [0.25, 0.3) is 0 Å². The molecule has 0 fully saturated rings. The minimum absolute atomic E-state index is 0.0186. The summed E-state index contributed by atoms with van der Waals surface area (Å²) in [5.41, 5.74) is 1.49. The van der Waals surface area contributed by atoms with Crippen LogP contribution in [-0.2, 0) is 41.9 Å². The maximum absolute atomic E-state index is 13.4. The smallest absolute Gasteiger partial charge is 0.408 e. The number of halogens is 2. The number of nitrogens with one attached hydrogen (secondary N) is 8. The molecular formula is C40H60Br2N8O8. The van der Waals surface area contributed by atoms with E-state index < -0.39 is 45.7 Å². The maximum atomic E-state index is 13.4. The molecule has 6 amide bonds. The molecule has 0 aliphatic rings. The highest BCUT2D eigenvalue weighted by molar-refractivity contribution is 9.12. The van der Waals surface area contributed by atoms with E-state index in [1.165, 1.54) is 0 Å². The third kappa shape index (κ3) is 23.2. The topological polar surface area (TPSA) is 217 Å². The van der Waals surface area contributed by atoms with Crippen LogP contribution in [0.2, 0.25) is 0 Å². The Bertz CT molecular complexity index is 1400. The van der Waals surface area contributed by atoms with Gasteiger partial charge in [0, 0.05) is 22.7 Å². The molecular weight excluding hydrogens is 880 g/mol. The molecule has 8 N–H and O–H groups in total. The molecule has 322 valence electrons.